The second kappa shape index (κ2) is 9.50. The predicted molar refractivity (Wildman–Crippen MR) is 115 cm³/mol. The Labute approximate surface area is 183 Å². The van der Waals surface area contributed by atoms with E-state index in [-0.39, 0.29) is 27.7 Å². The summed E-state index contributed by atoms with van der Waals surface area (Å²) in [6.07, 6.45) is 1.33. The Kier molecular flexibility index (Phi) is 6.78. The quantitative estimate of drug-likeness (QED) is 0.316. The highest BCUT2D eigenvalue weighted by atomic mass is 35.5. The Morgan fingerprint density at radius 2 is 1.77 bits per heavy atom. The van der Waals surface area contributed by atoms with Gasteiger partial charge >= 0.3 is 10.1 Å². The van der Waals surface area contributed by atoms with Gasteiger partial charge in [0.05, 0.1) is 18.9 Å². The minimum Gasteiger partial charge on any atom is -0.507 e. The number of para-hydroxylation sites is 1. The fourth-order valence-electron chi connectivity index (χ4n) is 2.49. The van der Waals surface area contributed by atoms with Gasteiger partial charge in [0, 0.05) is 5.02 Å². The highest BCUT2D eigenvalue weighted by molar-refractivity contribution is 7.87. The normalized spacial score (nSPS) is 11.3. The highest BCUT2D eigenvalue weighted by Crippen LogP contribution is 2.30. The Hall–Kier alpha value is -3.56. The molecule has 10 heteroatoms. The number of hydrogen-bond acceptors (Lipinski definition) is 7. The molecular formula is C21H17ClN2O6S. The summed E-state index contributed by atoms with van der Waals surface area (Å²) >= 11 is 5.78. The summed E-state index contributed by atoms with van der Waals surface area (Å²) in [6.45, 7) is 0. The van der Waals surface area contributed by atoms with Crippen molar-refractivity contribution in [2.24, 2.45) is 5.10 Å². The number of halogens is 1. The third kappa shape index (κ3) is 5.53. The minimum atomic E-state index is -4.09. The van der Waals surface area contributed by atoms with Crippen LogP contribution in [0.5, 0.6) is 17.2 Å². The second-order valence-corrected chi connectivity index (χ2v) is 8.10. The number of phenolic OH excluding ortho intramolecular Hbond substituents is 1. The molecule has 0 heterocycles. The molecule has 0 aliphatic carbocycles. The van der Waals surface area contributed by atoms with Gasteiger partial charge in [-0.05, 0) is 60.2 Å². The number of rotatable bonds is 7. The van der Waals surface area contributed by atoms with Crippen LogP contribution in [0, 0.1) is 0 Å². The molecule has 2 N–H and O–H groups in total. The number of hydrogen-bond donors (Lipinski definition) is 2. The van der Waals surface area contributed by atoms with Crippen molar-refractivity contribution in [3.63, 3.8) is 0 Å². The molecule has 0 saturated carbocycles. The first-order valence-electron chi connectivity index (χ1n) is 8.79. The molecule has 0 aromatic heterocycles. The molecule has 8 nitrogen and oxygen atoms in total. The summed E-state index contributed by atoms with van der Waals surface area (Å²) in [7, 11) is -2.73. The first-order chi connectivity index (χ1) is 14.8. The van der Waals surface area contributed by atoms with Gasteiger partial charge in [0.15, 0.2) is 11.5 Å². The van der Waals surface area contributed by atoms with Crippen LogP contribution >= 0.6 is 11.6 Å². The van der Waals surface area contributed by atoms with Crippen molar-refractivity contribution in [1.82, 2.24) is 5.43 Å². The largest absolute Gasteiger partial charge is 0.507 e. The minimum absolute atomic E-state index is 0.0205. The van der Waals surface area contributed by atoms with Crippen LogP contribution in [-0.2, 0) is 10.1 Å². The average Bonchev–Trinajstić information content (AvgIpc) is 2.75. The van der Waals surface area contributed by atoms with Crippen molar-refractivity contribution in [3.8, 4) is 17.2 Å². The van der Waals surface area contributed by atoms with Gasteiger partial charge in [0.25, 0.3) is 5.91 Å². The molecule has 3 aromatic rings. The van der Waals surface area contributed by atoms with Crippen LogP contribution in [-0.4, -0.2) is 32.8 Å². The highest BCUT2D eigenvalue weighted by Gasteiger charge is 2.19. The van der Waals surface area contributed by atoms with E-state index >= 15 is 0 Å². The van der Waals surface area contributed by atoms with Gasteiger partial charge in [0.1, 0.15) is 10.6 Å². The van der Waals surface area contributed by atoms with Crippen LogP contribution in [0.4, 0.5) is 0 Å². The van der Waals surface area contributed by atoms with Crippen LogP contribution in [0.15, 0.2) is 76.7 Å². The molecule has 3 aromatic carbocycles. The van der Waals surface area contributed by atoms with E-state index in [0.717, 1.165) is 0 Å². The molecule has 0 aliphatic rings. The van der Waals surface area contributed by atoms with E-state index in [0.29, 0.717) is 10.6 Å². The third-order valence-corrected chi connectivity index (χ3v) is 5.52. The zero-order valence-electron chi connectivity index (χ0n) is 16.2. The number of aromatic hydroxyl groups is 1. The Balaban J connectivity index is 1.74. The summed E-state index contributed by atoms with van der Waals surface area (Å²) in [6, 6.07) is 16.0. The van der Waals surface area contributed by atoms with Crippen LogP contribution in [0.2, 0.25) is 5.02 Å². The van der Waals surface area contributed by atoms with Gasteiger partial charge in [-0.15, -0.1) is 0 Å². The lowest BCUT2D eigenvalue weighted by atomic mass is 10.2. The third-order valence-electron chi connectivity index (χ3n) is 4.02. The summed E-state index contributed by atoms with van der Waals surface area (Å²) < 4.78 is 35.3. The first-order valence-corrected chi connectivity index (χ1v) is 10.6. The van der Waals surface area contributed by atoms with Gasteiger partial charge in [-0.2, -0.15) is 13.5 Å². The second-order valence-electron chi connectivity index (χ2n) is 6.12. The number of benzene rings is 3. The van der Waals surface area contributed by atoms with E-state index in [4.69, 9.17) is 20.5 Å². The van der Waals surface area contributed by atoms with Gasteiger partial charge < -0.3 is 14.0 Å². The number of ether oxygens (including phenoxy) is 1. The summed E-state index contributed by atoms with van der Waals surface area (Å²) in [5.41, 5.74) is 2.88. The molecule has 1 amide bonds. The van der Waals surface area contributed by atoms with Gasteiger partial charge in [0.2, 0.25) is 0 Å². The van der Waals surface area contributed by atoms with Crippen LogP contribution < -0.4 is 14.3 Å². The van der Waals surface area contributed by atoms with Crippen molar-refractivity contribution in [2.45, 2.75) is 4.90 Å². The first kappa shape index (κ1) is 22.1. The molecule has 0 bridgehead atoms. The van der Waals surface area contributed by atoms with E-state index in [1.54, 1.807) is 12.1 Å². The molecule has 3 rings (SSSR count). The predicted octanol–water partition coefficient (Wildman–Crippen LogP) is 3.59. The van der Waals surface area contributed by atoms with Crippen LogP contribution in [0.25, 0.3) is 0 Å². The molecule has 0 saturated heterocycles. The summed E-state index contributed by atoms with van der Waals surface area (Å²) in [5, 5.41) is 13.9. The number of phenols is 1. The van der Waals surface area contributed by atoms with E-state index in [2.05, 4.69) is 10.5 Å². The Bertz CT molecular complexity index is 1230. The lowest BCUT2D eigenvalue weighted by Crippen LogP contribution is -2.17. The van der Waals surface area contributed by atoms with Gasteiger partial charge in [-0.25, -0.2) is 5.43 Å². The lowest BCUT2D eigenvalue weighted by molar-refractivity contribution is 0.0952. The summed E-state index contributed by atoms with van der Waals surface area (Å²) in [4.78, 5) is 12.0. The maximum atomic E-state index is 12.5. The zero-order chi connectivity index (χ0) is 22.4. The van der Waals surface area contributed by atoms with E-state index in [1.807, 2.05) is 0 Å². The molecular weight excluding hydrogens is 444 g/mol. The SMILES string of the molecule is COc1cc(C=NNC(=O)c2ccccc2O)ccc1OS(=O)(=O)c1ccc(Cl)cc1. The molecule has 0 radical (unpaired) electrons. The van der Waals surface area contributed by atoms with Gasteiger partial charge in [-0.3, -0.25) is 4.79 Å². The molecule has 0 fully saturated rings. The maximum Gasteiger partial charge on any atom is 0.339 e. The molecule has 160 valence electrons. The number of methoxy groups -OCH3 is 1. The van der Waals surface area contributed by atoms with E-state index in [9.17, 15) is 18.3 Å². The maximum absolute atomic E-state index is 12.5. The molecule has 0 atom stereocenters. The van der Waals surface area contributed by atoms with Crippen molar-refractivity contribution >= 4 is 33.8 Å². The topological polar surface area (TPSA) is 114 Å². The summed E-state index contributed by atoms with van der Waals surface area (Å²) in [5.74, 6) is -0.628. The fourth-order valence-corrected chi connectivity index (χ4v) is 3.56. The smallest absolute Gasteiger partial charge is 0.339 e. The van der Waals surface area contributed by atoms with E-state index < -0.39 is 16.0 Å². The molecule has 0 spiro atoms. The van der Waals surface area contributed by atoms with Crippen molar-refractivity contribution < 1.29 is 27.2 Å². The average molecular weight is 461 g/mol. The molecule has 31 heavy (non-hydrogen) atoms. The number of nitrogens with zero attached hydrogens (tertiary/aromatic N) is 1. The monoisotopic (exact) mass is 460 g/mol. The molecule has 0 unspecified atom stereocenters. The Morgan fingerprint density at radius 3 is 2.45 bits per heavy atom. The fraction of sp³-hybridized carbons (Fsp3) is 0.0476. The number of amides is 1. The van der Waals surface area contributed by atoms with Crippen molar-refractivity contribution in [2.75, 3.05) is 7.11 Å². The van der Waals surface area contributed by atoms with Crippen LogP contribution in [0.1, 0.15) is 15.9 Å². The van der Waals surface area contributed by atoms with Crippen molar-refractivity contribution in [3.05, 3.63) is 82.9 Å². The Morgan fingerprint density at radius 1 is 1.06 bits per heavy atom. The van der Waals surface area contributed by atoms with Gasteiger partial charge in [-0.1, -0.05) is 23.7 Å². The van der Waals surface area contributed by atoms with Crippen LogP contribution in [0.3, 0.4) is 0 Å². The zero-order valence-corrected chi connectivity index (χ0v) is 17.7. The van der Waals surface area contributed by atoms with Crippen molar-refractivity contribution in [1.29, 1.82) is 0 Å². The molecule has 0 aliphatic heterocycles. The number of nitrogens with one attached hydrogen (secondary N) is 1. The number of carbonyl (C=O) groups is 1. The van der Waals surface area contributed by atoms with E-state index in [1.165, 1.54) is 67.9 Å². The number of hydrazone groups is 1. The standard InChI is InChI=1S/C21H17ClN2O6S/c1-29-20-12-14(13-23-24-21(26)17-4-2-3-5-18(17)25)6-11-19(20)30-31(27,28)16-9-7-15(22)8-10-16/h2-13,25H,1H3,(H,24,26). The number of carbonyl (C=O) groups excluding carboxylic acids is 1. The lowest BCUT2D eigenvalue weighted by Gasteiger charge is -2.11.